The molecule has 1 atom stereocenters. The zero-order valence-electron chi connectivity index (χ0n) is 9.52. The van der Waals surface area contributed by atoms with Gasteiger partial charge >= 0.3 is 0 Å². The fourth-order valence-corrected chi connectivity index (χ4v) is 2.53. The summed E-state index contributed by atoms with van der Waals surface area (Å²) in [4.78, 5) is 4.17. The molecule has 2 rings (SSSR count). The molecule has 1 aromatic heterocycles. The maximum atomic E-state index is 5.69. The first-order chi connectivity index (χ1) is 8.24. The molecule has 1 heterocycles. The maximum Gasteiger partial charge on any atom is 0.0737 e. The average molecular weight is 339 g/mol. The quantitative estimate of drug-likeness (QED) is 0.513. The fourth-order valence-electron chi connectivity index (χ4n) is 1.83. The lowest BCUT2D eigenvalue weighted by atomic mass is 9.97. The Bertz CT molecular complexity index is 468. The molecule has 17 heavy (non-hydrogen) atoms. The van der Waals surface area contributed by atoms with Gasteiger partial charge in [-0.15, -0.1) is 0 Å². The van der Waals surface area contributed by atoms with Gasteiger partial charge in [0.25, 0.3) is 0 Å². The Balaban J connectivity index is 2.48. The van der Waals surface area contributed by atoms with Crippen LogP contribution in [0.2, 0.25) is 0 Å². The molecule has 0 bridgehead atoms. The van der Waals surface area contributed by atoms with Crippen molar-refractivity contribution in [2.24, 2.45) is 5.84 Å². The molecule has 1 unspecified atom stereocenters. The molecule has 0 aliphatic heterocycles. The molecule has 0 saturated heterocycles. The van der Waals surface area contributed by atoms with Crippen LogP contribution in [0.5, 0.6) is 0 Å². The Kier molecular flexibility index (Phi) is 4.09. The topological polar surface area (TPSA) is 50.9 Å². The van der Waals surface area contributed by atoms with Crippen molar-refractivity contribution in [3.63, 3.8) is 0 Å². The SMILES string of the molecule is Cc1ccncc1C(NN)c1ccccc1I. The summed E-state index contributed by atoms with van der Waals surface area (Å²) >= 11 is 2.32. The molecule has 0 amide bonds. The summed E-state index contributed by atoms with van der Waals surface area (Å²) in [5, 5.41) is 0. The van der Waals surface area contributed by atoms with E-state index in [2.05, 4.69) is 52.1 Å². The van der Waals surface area contributed by atoms with Crippen LogP contribution in [0, 0.1) is 10.5 Å². The molecule has 88 valence electrons. The molecule has 0 aliphatic rings. The molecule has 0 fully saturated rings. The van der Waals surface area contributed by atoms with E-state index in [-0.39, 0.29) is 6.04 Å². The van der Waals surface area contributed by atoms with Crippen molar-refractivity contribution >= 4 is 22.6 Å². The molecular weight excluding hydrogens is 325 g/mol. The van der Waals surface area contributed by atoms with Gasteiger partial charge in [0.15, 0.2) is 0 Å². The fraction of sp³-hybridized carbons (Fsp3) is 0.154. The van der Waals surface area contributed by atoms with E-state index in [1.165, 1.54) is 14.7 Å². The van der Waals surface area contributed by atoms with Crippen LogP contribution in [0.15, 0.2) is 42.7 Å². The lowest BCUT2D eigenvalue weighted by Gasteiger charge is -2.19. The number of hydrogen-bond donors (Lipinski definition) is 2. The Labute approximate surface area is 115 Å². The van der Waals surface area contributed by atoms with Crippen molar-refractivity contribution in [3.8, 4) is 0 Å². The Morgan fingerprint density at radius 1 is 1.24 bits per heavy atom. The Hall–Kier alpha value is -0.980. The number of nitrogens with zero attached hydrogens (tertiary/aromatic N) is 1. The summed E-state index contributed by atoms with van der Waals surface area (Å²) < 4.78 is 1.19. The zero-order valence-corrected chi connectivity index (χ0v) is 11.7. The molecule has 1 aromatic carbocycles. The number of nitrogens with one attached hydrogen (secondary N) is 1. The monoisotopic (exact) mass is 339 g/mol. The predicted octanol–water partition coefficient (Wildman–Crippen LogP) is 2.55. The molecular formula is C13H14IN3. The highest BCUT2D eigenvalue weighted by molar-refractivity contribution is 14.1. The maximum absolute atomic E-state index is 5.69. The summed E-state index contributed by atoms with van der Waals surface area (Å²) in [5.41, 5.74) is 6.34. The number of pyridine rings is 1. The number of hydrazine groups is 1. The Morgan fingerprint density at radius 2 is 2.00 bits per heavy atom. The van der Waals surface area contributed by atoms with Crippen LogP contribution in [0.1, 0.15) is 22.7 Å². The van der Waals surface area contributed by atoms with Gasteiger partial charge in [0.1, 0.15) is 0 Å². The lowest BCUT2D eigenvalue weighted by molar-refractivity contribution is 0.629. The van der Waals surface area contributed by atoms with E-state index in [9.17, 15) is 0 Å². The predicted molar refractivity (Wildman–Crippen MR) is 77.3 cm³/mol. The zero-order chi connectivity index (χ0) is 12.3. The summed E-state index contributed by atoms with van der Waals surface area (Å²) in [5.74, 6) is 5.69. The highest BCUT2D eigenvalue weighted by Crippen LogP contribution is 2.26. The second-order valence-corrected chi connectivity index (χ2v) is 5.02. The van der Waals surface area contributed by atoms with Crippen molar-refractivity contribution in [2.75, 3.05) is 0 Å². The van der Waals surface area contributed by atoms with Gasteiger partial charge in [-0.2, -0.15) is 0 Å². The van der Waals surface area contributed by atoms with Gasteiger partial charge in [0.2, 0.25) is 0 Å². The first-order valence-electron chi connectivity index (χ1n) is 5.35. The van der Waals surface area contributed by atoms with Gasteiger partial charge in [-0.25, -0.2) is 5.43 Å². The number of halogens is 1. The number of hydrogen-bond acceptors (Lipinski definition) is 3. The van der Waals surface area contributed by atoms with E-state index in [0.29, 0.717) is 0 Å². The van der Waals surface area contributed by atoms with Gasteiger partial charge in [0, 0.05) is 16.0 Å². The normalized spacial score (nSPS) is 12.4. The minimum atomic E-state index is -0.0169. The number of nitrogens with two attached hydrogens (primary N) is 1. The number of benzene rings is 1. The highest BCUT2D eigenvalue weighted by Gasteiger charge is 2.16. The summed E-state index contributed by atoms with van der Waals surface area (Å²) in [6.45, 7) is 2.07. The van der Waals surface area contributed by atoms with Gasteiger partial charge in [-0.1, -0.05) is 18.2 Å². The molecule has 0 spiro atoms. The third-order valence-electron chi connectivity index (χ3n) is 2.77. The van der Waals surface area contributed by atoms with Crippen molar-refractivity contribution in [1.82, 2.24) is 10.4 Å². The van der Waals surface area contributed by atoms with Crippen LogP contribution in [-0.4, -0.2) is 4.98 Å². The van der Waals surface area contributed by atoms with Crippen LogP contribution in [-0.2, 0) is 0 Å². The first-order valence-corrected chi connectivity index (χ1v) is 6.43. The molecule has 0 aliphatic carbocycles. The number of aryl methyl sites for hydroxylation is 1. The van der Waals surface area contributed by atoms with E-state index in [1.807, 2.05) is 24.4 Å². The van der Waals surface area contributed by atoms with E-state index < -0.39 is 0 Å². The summed E-state index contributed by atoms with van der Waals surface area (Å²) in [6.07, 6.45) is 3.66. The van der Waals surface area contributed by atoms with Gasteiger partial charge in [-0.05, 0) is 58.3 Å². The van der Waals surface area contributed by atoms with Crippen LogP contribution < -0.4 is 11.3 Å². The van der Waals surface area contributed by atoms with E-state index in [4.69, 9.17) is 5.84 Å². The highest BCUT2D eigenvalue weighted by atomic mass is 127. The van der Waals surface area contributed by atoms with Gasteiger partial charge in [0.05, 0.1) is 6.04 Å². The Morgan fingerprint density at radius 3 is 2.65 bits per heavy atom. The second kappa shape index (κ2) is 5.57. The third kappa shape index (κ3) is 2.65. The van der Waals surface area contributed by atoms with Crippen molar-refractivity contribution < 1.29 is 0 Å². The molecule has 0 radical (unpaired) electrons. The molecule has 4 heteroatoms. The van der Waals surface area contributed by atoms with Crippen molar-refractivity contribution in [2.45, 2.75) is 13.0 Å². The van der Waals surface area contributed by atoms with Crippen LogP contribution in [0.4, 0.5) is 0 Å². The molecule has 2 aromatic rings. The second-order valence-electron chi connectivity index (χ2n) is 3.85. The van der Waals surface area contributed by atoms with Gasteiger partial charge < -0.3 is 0 Å². The number of rotatable bonds is 3. The minimum Gasteiger partial charge on any atom is -0.271 e. The largest absolute Gasteiger partial charge is 0.271 e. The summed E-state index contributed by atoms with van der Waals surface area (Å²) in [7, 11) is 0. The van der Waals surface area contributed by atoms with E-state index >= 15 is 0 Å². The molecule has 0 saturated carbocycles. The molecule has 3 N–H and O–H groups in total. The van der Waals surface area contributed by atoms with Crippen LogP contribution in [0.25, 0.3) is 0 Å². The number of aromatic nitrogens is 1. The smallest absolute Gasteiger partial charge is 0.0737 e. The van der Waals surface area contributed by atoms with E-state index in [0.717, 1.165) is 5.56 Å². The lowest BCUT2D eigenvalue weighted by Crippen LogP contribution is -2.30. The van der Waals surface area contributed by atoms with Crippen LogP contribution >= 0.6 is 22.6 Å². The van der Waals surface area contributed by atoms with Crippen LogP contribution in [0.3, 0.4) is 0 Å². The molecule has 3 nitrogen and oxygen atoms in total. The third-order valence-corrected chi connectivity index (χ3v) is 3.76. The van der Waals surface area contributed by atoms with E-state index in [1.54, 1.807) is 6.20 Å². The first kappa shape index (κ1) is 12.5. The van der Waals surface area contributed by atoms with Crippen molar-refractivity contribution in [1.29, 1.82) is 0 Å². The van der Waals surface area contributed by atoms with Gasteiger partial charge in [-0.3, -0.25) is 10.8 Å². The van der Waals surface area contributed by atoms with Crippen molar-refractivity contribution in [3.05, 3.63) is 63.0 Å². The standard InChI is InChI=1S/C13H14IN3/c1-9-6-7-16-8-11(9)13(17-15)10-4-2-3-5-12(10)14/h2-8,13,17H,15H2,1H3. The minimum absolute atomic E-state index is 0.0169. The average Bonchev–Trinajstić information content (AvgIpc) is 2.34. The summed E-state index contributed by atoms with van der Waals surface area (Å²) in [6, 6.07) is 10.2.